The highest BCUT2D eigenvalue weighted by atomic mass is 16.6. The lowest BCUT2D eigenvalue weighted by Gasteiger charge is -2.28. The molecule has 0 N–H and O–H groups in total. The number of hydrogen-bond acceptors (Lipinski definition) is 6. The molecule has 3 rings (SSSR count). The maximum absolute atomic E-state index is 12.5. The number of hydrogen-bond donors (Lipinski definition) is 0. The van der Waals surface area contributed by atoms with Crippen LogP contribution in [0.3, 0.4) is 0 Å². The Morgan fingerprint density at radius 3 is 2.34 bits per heavy atom. The Hall–Kier alpha value is -3.62. The number of aromatic nitrogens is 4. The van der Waals surface area contributed by atoms with Crippen LogP contribution in [0.5, 0.6) is 0 Å². The smallest absolute Gasteiger partial charge is 0.269 e. The van der Waals surface area contributed by atoms with E-state index in [4.69, 9.17) is 0 Å². The number of benzene rings is 2. The van der Waals surface area contributed by atoms with E-state index in [0.717, 1.165) is 16.8 Å². The molecule has 1 amide bonds. The quantitative estimate of drug-likeness (QED) is 0.469. The zero-order valence-corrected chi connectivity index (χ0v) is 16.7. The van der Waals surface area contributed by atoms with Crippen LogP contribution < -0.4 is 0 Å². The molecule has 0 aliphatic heterocycles. The van der Waals surface area contributed by atoms with Gasteiger partial charge in [-0.05, 0) is 53.1 Å². The SMILES string of the molecule is CCC(=O)N(C)[C@@H](c1ccc([N+](=O)[O-])cc1)c1nnnn1-c1c(C)cccc1C. The Balaban J connectivity index is 2.17. The predicted octanol–water partition coefficient (Wildman–Crippen LogP) is 3.15. The van der Waals surface area contributed by atoms with Crippen LogP contribution in [0.25, 0.3) is 5.69 Å². The highest BCUT2D eigenvalue weighted by Crippen LogP contribution is 2.30. The zero-order chi connectivity index (χ0) is 21.1. The Bertz CT molecular complexity index is 1020. The molecule has 3 aromatic rings. The predicted molar refractivity (Wildman–Crippen MR) is 107 cm³/mol. The molecule has 0 bridgehead atoms. The van der Waals surface area contributed by atoms with Crippen molar-refractivity contribution in [2.45, 2.75) is 33.2 Å². The molecule has 0 fully saturated rings. The average molecular weight is 394 g/mol. The van der Waals surface area contributed by atoms with Crippen molar-refractivity contribution in [3.63, 3.8) is 0 Å². The summed E-state index contributed by atoms with van der Waals surface area (Å²) in [6.07, 6.45) is 0.310. The van der Waals surface area contributed by atoms with Crippen LogP contribution in [-0.4, -0.2) is 43.0 Å². The number of rotatable bonds is 6. The first kappa shape index (κ1) is 20.1. The maximum Gasteiger partial charge on any atom is 0.269 e. The number of tetrazole rings is 1. The summed E-state index contributed by atoms with van der Waals surface area (Å²) in [4.78, 5) is 24.6. The van der Waals surface area contributed by atoms with E-state index < -0.39 is 11.0 Å². The van der Waals surface area contributed by atoms with Crippen molar-refractivity contribution in [2.75, 3.05) is 7.05 Å². The van der Waals surface area contributed by atoms with Gasteiger partial charge in [0.25, 0.3) is 5.69 Å². The monoisotopic (exact) mass is 394 g/mol. The maximum atomic E-state index is 12.5. The molecule has 9 nitrogen and oxygen atoms in total. The van der Waals surface area contributed by atoms with Gasteiger partial charge in [-0.15, -0.1) is 5.10 Å². The van der Waals surface area contributed by atoms with Crippen LogP contribution >= 0.6 is 0 Å². The molecule has 1 heterocycles. The van der Waals surface area contributed by atoms with E-state index in [-0.39, 0.29) is 11.6 Å². The Morgan fingerprint density at radius 2 is 1.79 bits per heavy atom. The molecular formula is C20H22N6O3. The summed E-state index contributed by atoms with van der Waals surface area (Å²) >= 11 is 0. The van der Waals surface area contributed by atoms with Gasteiger partial charge in [-0.3, -0.25) is 14.9 Å². The van der Waals surface area contributed by atoms with Gasteiger partial charge in [-0.1, -0.05) is 25.1 Å². The molecule has 9 heteroatoms. The highest BCUT2D eigenvalue weighted by molar-refractivity contribution is 5.76. The third kappa shape index (κ3) is 3.84. The molecule has 0 unspecified atom stereocenters. The number of non-ortho nitro benzene ring substituents is 1. The highest BCUT2D eigenvalue weighted by Gasteiger charge is 2.29. The van der Waals surface area contributed by atoms with E-state index in [2.05, 4.69) is 15.5 Å². The molecule has 1 atom stereocenters. The number of nitro benzene ring substituents is 1. The second-order valence-electron chi connectivity index (χ2n) is 6.80. The summed E-state index contributed by atoms with van der Waals surface area (Å²) in [5.74, 6) is 0.366. The molecule has 0 radical (unpaired) electrons. The zero-order valence-electron chi connectivity index (χ0n) is 16.7. The van der Waals surface area contributed by atoms with E-state index in [9.17, 15) is 14.9 Å². The van der Waals surface area contributed by atoms with Gasteiger partial charge in [-0.2, -0.15) is 4.68 Å². The number of para-hydroxylation sites is 1. The second-order valence-corrected chi connectivity index (χ2v) is 6.80. The van der Waals surface area contributed by atoms with Crippen LogP contribution in [0, 0.1) is 24.0 Å². The molecule has 2 aromatic carbocycles. The van der Waals surface area contributed by atoms with Crippen LogP contribution in [0.4, 0.5) is 5.69 Å². The molecule has 29 heavy (non-hydrogen) atoms. The first-order chi connectivity index (χ1) is 13.8. The van der Waals surface area contributed by atoms with E-state index in [1.807, 2.05) is 32.0 Å². The molecule has 0 saturated heterocycles. The summed E-state index contributed by atoms with van der Waals surface area (Å²) in [5, 5.41) is 23.3. The van der Waals surface area contributed by atoms with Crippen molar-refractivity contribution in [1.82, 2.24) is 25.1 Å². The Kier molecular flexibility index (Phi) is 5.67. The van der Waals surface area contributed by atoms with E-state index in [0.29, 0.717) is 17.8 Å². The minimum Gasteiger partial charge on any atom is -0.331 e. The largest absolute Gasteiger partial charge is 0.331 e. The van der Waals surface area contributed by atoms with E-state index in [1.165, 1.54) is 12.1 Å². The summed E-state index contributed by atoms with van der Waals surface area (Å²) in [7, 11) is 1.68. The number of nitro groups is 1. The summed E-state index contributed by atoms with van der Waals surface area (Å²) in [5.41, 5.74) is 3.49. The summed E-state index contributed by atoms with van der Waals surface area (Å²) < 4.78 is 1.64. The van der Waals surface area contributed by atoms with Crippen molar-refractivity contribution in [1.29, 1.82) is 0 Å². The van der Waals surface area contributed by atoms with Crippen LogP contribution in [0.1, 0.15) is 41.9 Å². The van der Waals surface area contributed by atoms with Gasteiger partial charge in [0.1, 0.15) is 6.04 Å². The summed E-state index contributed by atoms with van der Waals surface area (Å²) in [6.45, 7) is 5.71. The lowest BCUT2D eigenvalue weighted by atomic mass is 10.0. The fourth-order valence-electron chi connectivity index (χ4n) is 3.38. The van der Waals surface area contributed by atoms with Crippen LogP contribution in [0.15, 0.2) is 42.5 Å². The van der Waals surface area contributed by atoms with Gasteiger partial charge in [0.05, 0.1) is 10.6 Å². The topological polar surface area (TPSA) is 107 Å². The van der Waals surface area contributed by atoms with Crippen molar-refractivity contribution in [3.05, 3.63) is 75.1 Å². The van der Waals surface area contributed by atoms with Crippen molar-refractivity contribution < 1.29 is 9.72 Å². The number of carbonyl (C=O) groups is 1. The van der Waals surface area contributed by atoms with E-state index in [1.54, 1.807) is 35.7 Å². The third-order valence-corrected chi connectivity index (χ3v) is 4.89. The third-order valence-electron chi connectivity index (χ3n) is 4.89. The van der Waals surface area contributed by atoms with Gasteiger partial charge in [0.2, 0.25) is 5.91 Å². The Morgan fingerprint density at radius 1 is 1.17 bits per heavy atom. The second kappa shape index (κ2) is 8.17. The van der Waals surface area contributed by atoms with Gasteiger partial charge in [-0.25, -0.2) is 0 Å². The molecule has 0 spiro atoms. The first-order valence-electron chi connectivity index (χ1n) is 9.20. The van der Waals surface area contributed by atoms with Crippen molar-refractivity contribution in [3.8, 4) is 5.69 Å². The lowest BCUT2D eigenvalue weighted by molar-refractivity contribution is -0.384. The molecule has 0 aliphatic rings. The molecule has 0 saturated carbocycles. The molecule has 150 valence electrons. The molecule has 0 aliphatic carbocycles. The van der Waals surface area contributed by atoms with Gasteiger partial charge < -0.3 is 4.90 Å². The number of nitrogens with zero attached hydrogens (tertiary/aromatic N) is 6. The number of aryl methyl sites for hydroxylation is 2. The van der Waals surface area contributed by atoms with E-state index >= 15 is 0 Å². The van der Waals surface area contributed by atoms with Crippen molar-refractivity contribution >= 4 is 11.6 Å². The van der Waals surface area contributed by atoms with Crippen molar-refractivity contribution in [2.24, 2.45) is 0 Å². The van der Waals surface area contributed by atoms with Crippen LogP contribution in [-0.2, 0) is 4.79 Å². The van der Waals surface area contributed by atoms with Crippen LogP contribution in [0.2, 0.25) is 0 Å². The fraction of sp³-hybridized carbons (Fsp3) is 0.300. The lowest BCUT2D eigenvalue weighted by Crippen LogP contribution is -2.33. The first-order valence-corrected chi connectivity index (χ1v) is 9.20. The van der Waals surface area contributed by atoms with Gasteiger partial charge in [0.15, 0.2) is 5.82 Å². The number of carbonyl (C=O) groups excluding carboxylic acids is 1. The fourth-order valence-corrected chi connectivity index (χ4v) is 3.38. The standard InChI is InChI=1S/C20H22N6O3/c1-5-17(27)24(4)19(15-9-11-16(12-10-15)26(28)29)20-21-22-23-25(20)18-13(2)7-6-8-14(18)3/h6-12,19H,5H2,1-4H3/t19-/m0/s1. The van der Waals surface area contributed by atoms with Gasteiger partial charge >= 0.3 is 0 Å². The van der Waals surface area contributed by atoms with Gasteiger partial charge in [0, 0.05) is 25.6 Å². The molecular weight excluding hydrogens is 372 g/mol. The summed E-state index contributed by atoms with van der Waals surface area (Å²) in [6, 6.07) is 11.4. The minimum atomic E-state index is -0.600. The normalized spacial score (nSPS) is 11.9. The average Bonchev–Trinajstić information content (AvgIpc) is 3.16. The minimum absolute atomic E-state index is 0.0219. The number of amides is 1. The Labute approximate surface area is 168 Å². The molecule has 1 aromatic heterocycles.